The minimum Gasteiger partial charge on any atom is -0.313 e. The van der Waals surface area contributed by atoms with Crippen molar-refractivity contribution >= 4 is 11.3 Å². The molecule has 2 rings (SSSR count). The first kappa shape index (κ1) is 7.30. The highest BCUT2D eigenvalue weighted by Gasteiger charge is 1.98. The lowest BCUT2D eigenvalue weighted by atomic mass is 10.5. The summed E-state index contributed by atoms with van der Waals surface area (Å²) in [5.41, 5.74) is 1.68. The van der Waals surface area contributed by atoms with E-state index in [-0.39, 0.29) is 5.69 Å². The van der Waals surface area contributed by atoms with Gasteiger partial charge in [0.25, 0.3) is 0 Å². The van der Waals surface area contributed by atoms with Gasteiger partial charge in [0.15, 0.2) is 0 Å². The van der Waals surface area contributed by atoms with E-state index in [1.54, 1.807) is 40.0 Å². The van der Waals surface area contributed by atoms with Gasteiger partial charge in [0.05, 0.1) is 12.1 Å². The molecule has 0 aliphatic carbocycles. The van der Waals surface area contributed by atoms with Crippen molar-refractivity contribution < 1.29 is 0 Å². The second kappa shape index (κ2) is 2.94. The first-order valence-electron chi connectivity index (χ1n) is 3.47. The molecule has 0 saturated heterocycles. The van der Waals surface area contributed by atoms with E-state index in [0.29, 0.717) is 6.54 Å². The molecule has 4 nitrogen and oxygen atoms in total. The molecule has 0 radical (unpaired) electrons. The summed E-state index contributed by atoms with van der Waals surface area (Å²) in [5.74, 6) is 0. The second-order valence-electron chi connectivity index (χ2n) is 2.36. The maximum absolute atomic E-state index is 11.0. The first-order valence-corrected chi connectivity index (χ1v) is 4.35. The topological polar surface area (TPSA) is 50.7 Å². The number of imidazole rings is 1. The van der Waals surface area contributed by atoms with Gasteiger partial charge in [0.2, 0.25) is 0 Å². The zero-order chi connectivity index (χ0) is 8.39. The maximum atomic E-state index is 11.0. The lowest BCUT2D eigenvalue weighted by Crippen LogP contribution is -2.15. The molecule has 2 heterocycles. The van der Waals surface area contributed by atoms with Crippen molar-refractivity contribution in [3.05, 3.63) is 39.5 Å². The molecule has 0 fully saturated rings. The molecule has 0 amide bonds. The molecule has 0 atom stereocenters. The summed E-state index contributed by atoms with van der Waals surface area (Å²) in [6.45, 7) is 0.604. The molecule has 0 aliphatic heterocycles. The van der Waals surface area contributed by atoms with E-state index in [9.17, 15) is 4.79 Å². The maximum Gasteiger partial charge on any atom is 0.325 e. The van der Waals surface area contributed by atoms with Crippen LogP contribution in [0.4, 0.5) is 0 Å². The van der Waals surface area contributed by atoms with E-state index >= 15 is 0 Å². The monoisotopic (exact) mass is 181 g/mol. The molecule has 0 saturated carbocycles. The highest BCUT2D eigenvalue weighted by molar-refractivity contribution is 7.09. The van der Waals surface area contributed by atoms with Crippen LogP contribution in [0.1, 0.15) is 4.88 Å². The van der Waals surface area contributed by atoms with Gasteiger partial charge in [-0.3, -0.25) is 9.55 Å². The molecule has 2 aromatic rings. The van der Waals surface area contributed by atoms with Crippen molar-refractivity contribution in [2.45, 2.75) is 6.54 Å². The molecule has 5 heteroatoms. The van der Waals surface area contributed by atoms with Crippen LogP contribution in [0.5, 0.6) is 0 Å². The summed E-state index contributed by atoms with van der Waals surface area (Å²) in [7, 11) is 0. The Labute approximate surface area is 72.5 Å². The van der Waals surface area contributed by atoms with Crippen LogP contribution in [0.25, 0.3) is 0 Å². The van der Waals surface area contributed by atoms with Crippen LogP contribution in [0.2, 0.25) is 0 Å². The highest BCUT2D eigenvalue weighted by Crippen LogP contribution is 2.05. The van der Waals surface area contributed by atoms with Crippen LogP contribution in [-0.2, 0) is 6.54 Å². The van der Waals surface area contributed by atoms with Crippen LogP contribution >= 0.6 is 11.3 Å². The zero-order valence-electron chi connectivity index (χ0n) is 6.23. The third-order valence-corrected chi connectivity index (χ3v) is 2.30. The predicted octanol–water partition coefficient (Wildman–Crippen LogP) is 0.681. The lowest BCUT2D eigenvalue weighted by Gasteiger charge is -1.94. The Bertz CT molecular complexity index is 400. The molecule has 62 valence electrons. The third-order valence-electron chi connectivity index (χ3n) is 1.53. The van der Waals surface area contributed by atoms with Gasteiger partial charge in [-0.05, 0) is 0 Å². The zero-order valence-corrected chi connectivity index (χ0v) is 7.04. The standard InChI is InChI=1S/C7H7N3OS/c11-7-9-1-2-10(7)4-6-3-8-5-12-6/h1-3,5H,4H2,(H,9,11). The van der Waals surface area contributed by atoms with E-state index in [2.05, 4.69) is 9.97 Å². The highest BCUT2D eigenvalue weighted by atomic mass is 32.1. The van der Waals surface area contributed by atoms with Gasteiger partial charge in [-0.15, -0.1) is 11.3 Å². The minimum atomic E-state index is -0.0802. The summed E-state index contributed by atoms with van der Waals surface area (Å²) in [6.07, 6.45) is 5.12. The number of nitrogens with zero attached hydrogens (tertiary/aromatic N) is 2. The molecule has 2 aromatic heterocycles. The molecule has 1 N–H and O–H groups in total. The van der Waals surface area contributed by atoms with Crippen molar-refractivity contribution in [2.24, 2.45) is 0 Å². The molecule has 0 aliphatic rings. The van der Waals surface area contributed by atoms with Crippen LogP contribution in [0, 0.1) is 0 Å². The van der Waals surface area contributed by atoms with E-state index in [1.165, 1.54) is 0 Å². The molecule has 0 unspecified atom stereocenters. The number of nitrogens with one attached hydrogen (secondary N) is 1. The summed E-state index contributed by atoms with van der Waals surface area (Å²) >= 11 is 1.55. The largest absolute Gasteiger partial charge is 0.325 e. The Kier molecular flexibility index (Phi) is 1.79. The van der Waals surface area contributed by atoms with Gasteiger partial charge in [-0.1, -0.05) is 0 Å². The van der Waals surface area contributed by atoms with Crippen molar-refractivity contribution in [1.29, 1.82) is 0 Å². The number of aromatic nitrogens is 3. The van der Waals surface area contributed by atoms with Gasteiger partial charge >= 0.3 is 5.69 Å². The summed E-state index contributed by atoms with van der Waals surface area (Å²) < 4.78 is 1.60. The average molecular weight is 181 g/mol. The van der Waals surface area contributed by atoms with Crippen LogP contribution in [0.15, 0.2) is 28.9 Å². The van der Waals surface area contributed by atoms with Crippen LogP contribution in [-0.4, -0.2) is 14.5 Å². The predicted molar refractivity (Wildman–Crippen MR) is 46.3 cm³/mol. The summed E-state index contributed by atoms with van der Waals surface area (Å²) in [6, 6.07) is 0. The van der Waals surface area contributed by atoms with E-state index < -0.39 is 0 Å². The molecular formula is C7H7N3OS. The lowest BCUT2D eigenvalue weighted by molar-refractivity contribution is 0.771. The fourth-order valence-corrected chi connectivity index (χ4v) is 1.55. The normalized spacial score (nSPS) is 10.3. The number of hydrogen-bond donors (Lipinski definition) is 1. The van der Waals surface area contributed by atoms with E-state index in [0.717, 1.165) is 4.88 Å². The summed E-state index contributed by atoms with van der Waals surface area (Å²) in [4.78, 5) is 18.6. The number of H-pyrrole nitrogens is 1. The Balaban J connectivity index is 2.25. The second-order valence-corrected chi connectivity index (χ2v) is 3.33. The van der Waals surface area contributed by atoms with Crippen molar-refractivity contribution in [1.82, 2.24) is 14.5 Å². The quantitative estimate of drug-likeness (QED) is 0.740. The molecule has 0 bridgehead atoms. The molecular weight excluding hydrogens is 174 g/mol. The van der Waals surface area contributed by atoms with Gasteiger partial charge in [-0.2, -0.15) is 0 Å². The fourth-order valence-electron chi connectivity index (χ4n) is 0.962. The van der Waals surface area contributed by atoms with Gasteiger partial charge in [0.1, 0.15) is 0 Å². The third kappa shape index (κ3) is 1.31. The Morgan fingerprint density at radius 3 is 3.17 bits per heavy atom. The van der Waals surface area contributed by atoms with Crippen molar-refractivity contribution in [3.8, 4) is 0 Å². The smallest absolute Gasteiger partial charge is 0.313 e. The SMILES string of the molecule is O=c1[nH]ccn1Cc1cncs1. The molecule has 0 spiro atoms. The first-order chi connectivity index (χ1) is 5.86. The average Bonchev–Trinajstić information content (AvgIpc) is 2.65. The number of aromatic amines is 1. The number of thiazole rings is 1. The van der Waals surface area contributed by atoms with Gasteiger partial charge < -0.3 is 4.98 Å². The van der Waals surface area contributed by atoms with Crippen LogP contribution < -0.4 is 5.69 Å². The Hall–Kier alpha value is -1.36. The van der Waals surface area contributed by atoms with Gasteiger partial charge in [0, 0.05) is 23.5 Å². The van der Waals surface area contributed by atoms with E-state index in [4.69, 9.17) is 0 Å². The minimum absolute atomic E-state index is 0.0802. The van der Waals surface area contributed by atoms with Gasteiger partial charge in [-0.25, -0.2) is 4.79 Å². The van der Waals surface area contributed by atoms with E-state index in [1.807, 2.05) is 0 Å². The summed E-state index contributed by atoms with van der Waals surface area (Å²) in [5, 5.41) is 0. The molecule has 12 heavy (non-hydrogen) atoms. The van der Waals surface area contributed by atoms with Crippen LogP contribution in [0.3, 0.4) is 0 Å². The number of hydrogen-bond acceptors (Lipinski definition) is 3. The van der Waals surface area contributed by atoms with Crippen molar-refractivity contribution in [3.63, 3.8) is 0 Å². The fraction of sp³-hybridized carbons (Fsp3) is 0.143. The van der Waals surface area contributed by atoms with Crippen molar-refractivity contribution in [2.75, 3.05) is 0 Å². The Morgan fingerprint density at radius 2 is 2.58 bits per heavy atom. The Morgan fingerprint density at radius 1 is 1.67 bits per heavy atom. The number of rotatable bonds is 2. The molecule has 0 aromatic carbocycles.